The van der Waals surface area contributed by atoms with Crippen LogP contribution in [0, 0.1) is 18.1 Å². The summed E-state index contributed by atoms with van der Waals surface area (Å²) >= 11 is -1.72. The number of aromatic nitrogens is 2. The summed E-state index contributed by atoms with van der Waals surface area (Å²) in [5, 5.41) is 2.22. The first-order valence-corrected chi connectivity index (χ1v) is 22.9. The molecule has 7 aromatic rings. The number of hydrogen-bond donors (Lipinski definition) is 0. The van der Waals surface area contributed by atoms with Gasteiger partial charge in [-0.1, -0.05) is 72.8 Å². The predicted octanol–water partition coefficient (Wildman–Crippen LogP) is 10.4. The Bertz CT molecular complexity index is 2030. The molecular weight excluding hydrogens is 801 g/mol. The van der Waals surface area contributed by atoms with Gasteiger partial charge in [0, 0.05) is 31.7 Å². The third kappa shape index (κ3) is 7.75. The van der Waals surface area contributed by atoms with Crippen LogP contribution in [-0.4, -0.2) is 23.2 Å². The van der Waals surface area contributed by atoms with Gasteiger partial charge in [-0.15, -0.1) is 18.2 Å². The average Bonchev–Trinajstić information content (AvgIpc) is 3.44. The van der Waals surface area contributed by atoms with E-state index in [1.54, 1.807) is 0 Å². The fraction of sp³-hybridized carbons (Fsp3) is 0.171. The van der Waals surface area contributed by atoms with Crippen LogP contribution >= 0.6 is 0 Å². The Balaban J connectivity index is 0.000000209. The number of nitrogens with zero attached hydrogens (tertiary/aromatic N) is 2. The molecule has 0 aliphatic rings. The summed E-state index contributed by atoms with van der Waals surface area (Å²) in [6.07, 6.45) is 4.96. The van der Waals surface area contributed by atoms with Crippen molar-refractivity contribution in [3.8, 4) is 33.6 Å². The first-order valence-electron chi connectivity index (χ1n) is 15.6. The number of rotatable bonds is 6. The van der Waals surface area contributed by atoms with Gasteiger partial charge in [0.15, 0.2) is 0 Å². The SMILES string of the molecule is CC(C)Cc1ccnc(-c2[c-]ccc3c2oc2ccc(-c4ccccc4)cc23)c1.[CH3][Ge]([CH3])([CH3])[c]1ccc(-c2[c-]cccc2)nc1.[Ir]. The number of pyridine rings is 2. The van der Waals surface area contributed by atoms with Gasteiger partial charge >= 0.3 is 99.8 Å². The van der Waals surface area contributed by atoms with Crippen LogP contribution < -0.4 is 4.40 Å². The zero-order chi connectivity index (χ0) is 31.4. The van der Waals surface area contributed by atoms with Crippen LogP contribution in [0.5, 0.6) is 0 Å². The summed E-state index contributed by atoms with van der Waals surface area (Å²) in [5.41, 5.74) is 9.33. The molecule has 0 bridgehead atoms. The smallest absolute Gasteiger partial charge is 0 e. The van der Waals surface area contributed by atoms with Crippen molar-refractivity contribution in [2.24, 2.45) is 5.92 Å². The molecule has 0 N–H and O–H groups in total. The van der Waals surface area contributed by atoms with E-state index in [9.17, 15) is 0 Å². The maximum atomic E-state index is 6.28. The predicted molar refractivity (Wildman–Crippen MR) is 191 cm³/mol. The van der Waals surface area contributed by atoms with E-state index in [1.807, 2.05) is 48.8 Å². The zero-order valence-electron chi connectivity index (χ0n) is 27.0. The molecule has 3 nitrogen and oxygen atoms in total. The molecule has 0 saturated heterocycles. The second kappa shape index (κ2) is 14.7. The zero-order valence-corrected chi connectivity index (χ0v) is 31.5. The van der Waals surface area contributed by atoms with Gasteiger partial charge in [-0.05, 0) is 47.4 Å². The minimum Gasteiger partial charge on any atom is 0 e. The Morgan fingerprint density at radius 3 is 2.22 bits per heavy atom. The normalized spacial score (nSPS) is 11.3. The molecule has 5 heteroatoms. The van der Waals surface area contributed by atoms with E-state index in [2.05, 4.69) is 126 Å². The van der Waals surface area contributed by atoms with Crippen molar-refractivity contribution in [1.82, 2.24) is 9.97 Å². The molecule has 3 aromatic heterocycles. The topological polar surface area (TPSA) is 38.9 Å². The molecule has 0 spiro atoms. The van der Waals surface area contributed by atoms with Gasteiger partial charge in [0.2, 0.25) is 0 Å². The van der Waals surface area contributed by atoms with Crippen molar-refractivity contribution in [2.75, 3.05) is 0 Å². The van der Waals surface area contributed by atoms with Crippen molar-refractivity contribution in [3.05, 3.63) is 139 Å². The maximum Gasteiger partial charge on any atom is 0 e. The molecule has 3 heterocycles. The molecule has 0 atom stereocenters. The van der Waals surface area contributed by atoms with E-state index in [1.165, 1.54) is 21.1 Å². The Labute approximate surface area is 288 Å². The first-order chi connectivity index (χ1) is 21.8. The summed E-state index contributed by atoms with van der Waals surface area (Å²) in [6, 6.07) is 44.0. The largest absolute Gasteiger partial charge is 0 e. The third-order valence-corrected chi connectivity index (χ3v) is 12.1. The number of hydrogen-bond acceptors (Lipinski definition) is 3. The van der Waals surface area contributed by atoms with E-state index in [-0.39, 0.29) is 20.1 Å². The van der Waals surface area contributed by atoms with E-state index in [0.717, 1.165) is 50.9 Å². The molecular formula is C41H38GeIrN2O-2. The third-order valence-electron chi connectivity index (χ3n) is 7.88. The average molecular weight is 840 g/mol. The summed E-state index contributed by atoms with van der Waals surface area (Å²) in [5.74, 6) is 7.75. The quantitative estimate of drug-likeness (QED) is 0.124. The fourth-order valence-corrected chi connectivity index (χ4v) is 7.67. The number of furan rings is 1. The van der Waals surface area contributed by atoms with E-state index in [0.29, 0.717) is 5.92 Å². The van der Waals surface area contributed by atoms with Crippen LogP contribution in [0.4, 0.5) is 0 Å². The molecule has 233 valence electrons. The van der Waals surface area contributed by atoms with E-state index < -0.39 is 13.3 Å². The number of benzene rings is 4. The van der Waals surface area contributed by atoms with Gasteiger partial charge in [0.1, 0.15) is 5.58 Å². The summed E-state index contributed by atoms with van der Waals surface area (Å²) in [7, 11) is 0. The van der Waals surface area contributed by atoms with Crippen LogP contribution in [0.15, 0.2) is 126 Å². The van der Waals surface area contributed by atoms with Crippen molar-refractivity contribution < 1.29 is 24.5 Å². The number of fused-ring (bicyclic) bond motifs is 3. The molecule has 0 unspecified atom stereocenters. The van der Waals surface area contributed by atoms with Gasteiger partial charge in [0.25, 0.3) is 0 Å². The second-order valence-electron chi connectivity index (χ2n) is 12.9. The fourth-order valence-electron chi connectivity index (χ4n) is 5.50. The van der Waals surface area contributed by atoms with Gasteiger partial charge in [0.05, 0.1) is 5.58 Å². The van der Waals surface area contributed by atoms with Crippen LogP contribution in [0.3, 0.4) is 0 Å². The molecule has 0 amide bonds. The summed E-state index contributed by atoms with van der Waals surface area (Å²) < 4.78 is 7.72. The first kappa shape index (κ1) is 33.5. The van der Waals surface area contributed by atoms with E-state index in [4.69, 9.17) is 4.42 Å². The molecule has 4 aromatic carbocycles. The molecule has 1 radical (unpaired) electrons. The van der Waals surface area contributed by atoms with Gasteiger partial charge in [-0.3, -0.25) is 0 Å². The summed E-state index contributed by atoms with van der Waals surface area (Å²) in [4.78, 5) is 9.14. The monoisotopic (exact) mass is 841 g/mol. The summed E-state index contributed by atoms with van der Waals surface area (Å²) in [6.45, 7) is 4.47. The Morgan fingerprint density at radius 1 is 0.717 bits per heavy atom. The van der Waals surface area contributed by atoms with Crippen LogP contribution in [0.25, 0.3) is 55.6 Å². The molecule has 46 heavy (non-hydrogen) atoms. The van der Waals surface area contributed by atoms with Crippen LogP contribution in [0.1, 0.15) is 19.4 Å². The van der Waals surface area contributed by atoms with Crippen molar-refractivity contribution >= 4 is 39.6 Å². The minimum atomic E-state index is -1.72. The molecule has 0 aliphatic heterocycles. The molecule has 0 aliphatic carbocycles. The van der Waals surface area contributed by atoms with Gasteiger partial charge < -0.3 is 9.40 Å². The van der Waals surface area contributed by atoms with Crippen molar-refractivity contribution in [1.29, 1.82) is 0 Å². The molecule has 0 saturated carbocycles. The van der Waals surface area contributed by atoms with Crippen molar-refractivity contribution in [2.45, 2.75) is 37.5 Å². The Kier molecular flexibility index (Phi) is 10.7. The molecule has 7 rings (SSSR count). The van der Waals surface area contributed by atoms with Gasteiger partial charge in [-0.25, -0.2) is 0 Å². The standard InChI is InChI=1S/C27H22NO.C14H16GeN.Ir/c1-18(2)15-19-13-14-28-25(16-19)23-10-6-9-22-24-17-21(20-7-4-3-5-8-20)11-12-26(24)29-27(22)23;1-15(2,3)13-9-10-14(16-11-13)12-7-5-4-6-8-12;/h3-9,11-14,16-18H,15H2,1-2H3;4-7,9-11H,1-3H3;/q2*-1;. The van der Waals surface area contributed by atoms with Crippen LogP contribution in [-0.2, 0) is 26.5 Å². The van der Waals surface area contributed by atoms with Crippen molar-refractivity contribution in [3.63, 3.8) is 0 Å². The molecule has 0 fully saturated rings. The Morgan fingerprint density at radius 2 is 1.52 bits per heavy atom. The maximum absolute atomic E-state index is 6.28. The van der Waals surface area contributed by atoms with Gasteiger partial charge in [-0.2, -0.15) is 0 Å². The Hall–Kier alpha value is -3.83. The van der Waals surface area contributed by atoms with Crippen LogP contribution in [0.2, 0.25) is 17.3 Å². The second-order valence-corrected chi connectivity index (χ2v) is 23.5. The van der Waals surface area contributed by atoms with E-state index >= 15 is 0 Å². The minimum absolute atomic E-state index is 0.